The van der Waals surface area contributed by atoms with Crippen LogP contribution in [0.2, 0.25) is 0 Å². The van der Waals surface area contributed by atoms with Gasteiger partial charge in [0.1, 0.15) is 5.75 Å². The molecular weight excluding hydrogens is 288 g/mol. The fourth-order valence-electron chi connectivity index (χ4n) is 2.56. The summed E-state index contributed by atoms with van der Waals surface area (Å²) in [6.07, 6.45) is 3.31. The molecule has 0 heterocycles. The lowest BCUT2D eigenvalue weighted by molar-refractivity contribution is -0.135. The lowest BCUT2D eigenvalue weighted by atomic mass is 10.1. The Balaban J connectivity index is 1.85. The van der Waals surface area contributed by atoms with Gasteiger partial charge in [-0.3, -0.25) is 4.79 Å². The zero-order valence-corrected chi connectivity index (χ0v) is 14.9. The molecule has 2 rings (SSSR count). The lowest BCUT2D eigenvalue weighted by Crippen LogP contribution is -2.35. The van der Waals surface area contributed by atoms with Crippen molar-refractivity contribution in [3.05, 3.63) is 29.8 Å². The Morgan fingerprint density at radius 2 is 1.87 bits per heavy atom. The molecule has 1 aromatic carbocycles. The van der Waals surface area contributed by atoms with Gasteiger partial charge in [0.25, 0.3) is 0 Å². The molecule has 0 spiro atoms. The van der Waals surface area contributed by atoms with Gasteiger partial charge in [0, 0.05) is 25.0 Å². The van der Waals surface area contributed by atoms with Gasteiger partial charge in [-0.1, -0.05) is 26.0 Å². The second-order valence-corrected chi connectivity index (χ2v) is 7.00. The van der Waals surface area contributed by atoms with E-state index in [1.54, 1.807) is 0 Å². The second-order valence-electron chi connectivity index (χ2n) is 7.00. The summed E-state index contributed by atoms with van der Waals surface area (Å²) >= 11 is 0. The molecule has 4 nitrogen and oxygen atoms in total. The Bertz CT molecular complexity index is 493. The normalized spacial score (nSPS) is 14.3. The standard InChI is InChI=1S/C19H30N2O2/c1-15(2)19(22)21(17-8-9-17)14-16-6-10-18(11-7-16)23-13-5-12-20(3)4/h6-7,10-11,15,17H,5,8-9,12-14H2,1-4H3. The summed E-state index contributed by atoms with van der Waals surface area (Å²) in [5.41, 5.74) is 1.17. The third-order valence-corrected chi connectivity index (χ3v) is 4.06. The maximum Gasteiger partial charge on any atom is 0.225 e. The largest absolute Gasteiger partial charge is 0.494 e. The van der Waals surface area contributed by atoms with Crippen LogP contribution in [0.25, 0.3) is 0 Å². The van der Waals surface area contributed by atoms with E-state index in [0.29, 0.717) is 12.6 Å². The Hall–Kier alpha value is -1.55. The molecule has 23 heavy (non-hydrogen) atoms. The van der Waals surface area contributed by atoms with E-state index in [9.17, 15) is 4.79 Å². The highest BCUT2D eigenvalue weighted by Gasteiger charge is 2.33. The molecule has 0 N–H and O–H groups in total. The van der Waals surface area contributed by atoms with E-state index in [1.165, 1.54) is 5.56 Å². The highest BCUT2D eigenvalue weighted by Crippen LogP contribution is 2.30. The Labute approximate surface area is 140 Å². The fraction of sp³-hybridized carbons (Fsp3) is 0.632. The average molecular weight is 318 g/mol. The molecular formula is C19H30N2O2. The first-order chi connectivity index (χ1) is 11.0. The van der Waals surface area contributed by atoms with Gasteiger partial charge in [-0.25, -0.2) is 0 Å². The number of benzene rings is 1. The van der Waals surface area contributed by atoms with Crippen molar-refractivity contribution in [3.8, 4) is 5.75 Å². The molecule has 128 valence electrons. The van der Waals surface area contributed by atoms with Gasteiger partial charge in [0.05, 0.1) is 6.61 Å². The van der Waals surface area contributed by atoms with E-state index in [2.05, 4.69) is 31.1 Å². The van der Waals surface area contributed by atoms with Crippen molar-refractivity contribution < 1.29 is 9.53 Å². The SMILES string of the molecule is CC(C)C(=O)N(Cc1ccc(OCCCN(C)C)cc1)C1CC1. The van der Waals surface area contributed by atoms with E-state index in [-0.39, 0.29) is 11.8 Å². The summed E-state index contributed by atoms with van der Waals surface area (Å²) in [5.74, 6) is 1.23. The van der Waals surface area contributed by atoms with Gasteiger partial charge in [-0.15, -0.1) is 0 Å². The summed E-state index contributed by atoms with van der Waals surface area (Å²) in [4.78, 5) is 16.5. The van der Waals surface area contributed by atoms with Crippen LogP contribution in [0.5, 0.6) is 5.75 Å². The Morgan fingerprint density at radius 3 is 2.39 bits per heavy atom. The van der Waals surface area contributed by atoms with Crippen molar-refractivity contribution >= 4 is 5.91 Å². The molecule has 0 bridgehead atoms. The van der Waals surface area contributed by atoms with Gasteiger partial charge in [0.2, 0.25) is 5.91 Å². The highest BCUT2D eigenvalue weighted by molar-refractivity contribution is 5.78. The van der Waals surface area contributed by atoms with Crippen LogP contribution in [-0.2, 0) is 11.3 Å². The minimum Gasteiger partial charge on any atom is -0.494 e. The average Bonchev–Trinajstić information content (AvgIpc) is 3.34. The quantitative estimate of drug-likeness (QED) is 0.656. The third kappa shape index (κ3) is 5.87. The van der Waals surface area contributed by atoms with Crippen LogP contribution < -0.4 is 4.74 Å². The van der Waals surface area contributed by atoms with Crippen LogP contribution in [0.3, 0.4) is 0 Å². The molecule has 1 aliphatic rings. The van der Waals surface area contributed by atoms with Crippen molar-refractivity contribution in [2.45, 2.75) is 45.7 Å². The van der Waals surface area contributed by atoms with Gasteiger partial charge < -0.3 is 14.5 Å². The zero-order valence-electron chi connectivity index (χ0n) is 14.9. The van der Waals surface area contributed by atoms with Crippen molar-refractivity contribution in [2.75, 3.05) is 27.2 Å². The second kappa shape index (κ2) is 8.34. The van der Waals surface area contributed by atoms with Crippen molar-refractivity contribution in [1.82, 2.24) is 9.80 Å². The molecule has 1 amide bonds. The highest BCUT2D eigenvalue weighted by atomic mass is 16.5. The number of hydrogen-bond acceptors (Lipinski definition) is 3. The van der Waals surface area contributed by atoms with Crippen LogP contribution in [0, 0.1) is 5.92 Å². The number of carbonyl (C=O) groups excluding carboxylic acids is 1. The van der Waals surface area contributed by atoms with Crippen molar-refractivity contribution in [3.63, 3.8) is 0 Å². The minimum atomic E-state index is 0.0647. The van der Waals surface area contributed by atoms with Gasteiger partial charge in [-0.05, 0) is 51.1 Å². The summed E-state index contributed by atoms with van der Waals surface area (Å²) in [7, 11) is 4.14. The minimum absolute atomic E-state index is 0.0647. The van der Waals surface area contributed by atoms with Gasteiger partial charge in [0.15, 0.2) is 0 Å². The molecule has 0 atom stereocenters. The van der Waals surface area contributed by atoms with E-state index in [1.807, 2.05) is 30.9 Å². The third-order valence-electron chi connectivity index (χ3n) is 4.06. The predicted octanol–water partition coefficient (Wildman–Crippen LogP) is 3.16. The molecule has 0 radical (unpaired) electrons. The molecule has 0 unspecified atom stereocenters. The van der Waals surface area contributed by atoms with Crippen LogP contribution in [0.4, 0.5) is 0 Å². The van der Waals surface area contributed by atoms with Crippen molar-refractivity contribution in [1.29, 1.82) is 0 Å². The summed E-state index contributed by atoms with van der Waals surface area (Å²) < 4.78 is 5.75. The van der Waals surface area contributed by atoms with Gasteiger partial charge >= 0.3 is 0 Å². The molecule has 4 heteroatoms. The molecule has 0 aromatic heterocycles. The zero-order chi connectivity index (χ0) is 16.8. The molecule has 0 aliphatic heterocycles. The molecule has 1 aromatic rings. The maximum absolute atomic E-state index is 12.3. The fourth-order valence-corrected chi connectivity index (χ4v) is 2.56. The van der Waals surface area contributed by atoms with Crippen molar-refractivity contribution in [2.24, 2.45) is 5.92 Å². The molecule has 1 fully saturated rings. The van der Waals surface area contributed by atoms with E-state index in [0.717, 1.165) is 38.2 Å². The first-order valence-corrected chi connectivity index (χ1v) is 8.64. The summed E-state index contributed by atoms with van der Waals surface area (Å²) in [6.45, 7) is 6.43. The number of carbonyl (C=O) groups is 1. The van der Waals surface area contributed by atoms with Crippen LogP contribution in [0.15, 0.2) is 24.3 Å². The van der Waals surface area contributed by atoms with E-state index >= 15 is 0 Å². The smallest absolute Gasteiger partial charge is 0.225 e. The molecule has 1 aliphatic carbocycles. The van der Waals surface area contributed by atoms with Gasteiger partial charge in [-0.2, -0.15) is 0 Å². The molecule has 1 saturated carbocycles. The number of ether oxygens (including phenoxy) is 1. The number of nitrogens with zero attached hydrogens (tertiary/aromatic N) is 2. The Kier molecular flexibility index (Phi) is 6.46. The first kappa shape index (κ1) is 17.8. The number of hydrogen-bond donors (Lipinski definition) is 0. The molecule has 0 saturated heterocycles. The van der Waals surface area contributed by atoms with Crippen LogP contribution >= 0.6 is 0 Å². The summed E-state index contributed by atoms with van der Waals surface area (Å²) in [5, 5.41) is 0. The maximum atomic E-state index is 12.3. The number of rotatable bonds is 9. The predicted molar refractivity (Wildman–Crippen MR) is 93.5 cm³/mol. The monoisotopic (exact) mass is 318 g/mol. The van der Waals surface area contributed by atoms with Crippen LogP contribution in [-0.4, -0.2) is 49.0 Å². The topological polar surface area (TPSA) is 32.8 Å². The Morgan fingerprint density at radius 1 is 1.22 bits per heavy atom. The lowest BCUT2D eigenvalue weighted by Gasteiger charge is -2.24. The van der Waals surface area contributed by atoms with E-state index in [4.69, 9.17) is 4.74 Å². The summed E-state index contributed by atoms with van der Waals surface area (Å²) in [6, 6.07) is 8.62. The number of amides is 1. The van der Waals surface area contributed by atoms with Crippen LogP contribution in [0.1, 0.15) is 38.7 Å². The first-order valence-electron chi connectivity index (χ1n) is 8.64. The van der Waals surface area contributed by atoms with E-state index < -0.39 is 0 Å².